The average Bonchev–Trinajstić information content (AvgIpc) is 3.08. The topological polar surface area (TPSA) is 73.2 Å². The summed E-state index contributed by atoms with van der Waals surface area (Å²) < 4.78 is 20.8. The number of nitrogens with one attached hydrogen (secondary N) is 1. The largest absolute Gasteiger partial charge is 0.494 e. The molecule has 0 aliphatic carbocycles. The summed E-state index contributed by atoms with van der Waals surface area (Å²) in [7, 11) is 0. The zero-order valence-corrected chi connectivity index (χ0v) is 16.8. The second-order valence-electron chi connectivity index (χ2n) is 7.28. The maximum atomic E-state index is 13.7. The van der Waals surface area contributed by atoms with Gasteiger partial charge in [0.2, 0.25) is 5.91 Å². The Kier molecular flexibility index (Phi) is 5.35. The molecule has 1 amide bonds. The molecule has 2 aromatic carbocycles. The Morgan fingerprint density at radius 1 is 1.27 bits per heavy atom. The van der Waals surface area contributed by atoms with Gasteiger partial charge in [-0.2, -0.15) is 5.10 Å². The number of anilines is 1. The van der Waals surface area contributed by atoms with Crippen molar-refractivity contribution < 1.29 is 18.7 Å². The fraction of sp³-hybridized carbons (Fsp3) is 0.261. The van der Waals surface area contributed by atoms with Gasteiger partial charge in [0, 0.05) is 17.5 Å². The van der Waals surface area contributed by atoms with Crippen molar-refractivity contribution >= 4 is 17.5 Å². The van der Waals surface area contributed by atoms with Gasteiger partial charge in [-0.05, 0) is 55.8 Å². The summed E-state index contributed by atoms with van der Waals surface area (Å²) in [4.78, 5) is 25.7. The number of carbonyl (C=O) groups excluding carboxylic acids is 2. The van der Waals surface area contributed by atoms with Crippen molar-refractivity contribution in [3.8, 4) is 11.4 Å². The highest BCUT2D eigenvalue weighted by molar-refractivity contribution is 6.08. The molecule has 6 nitrogen and oxygen atoms in total. The van der Waals surface area contributed by atoms with Gasteiger partial charge >= 0.3 is 0 Å². The van der Waals surface area contributed by atoms with Crippen molar-refractivity contribution in [3.05, 3.63) is 71.2 Å². The normalized spacial score (nSPS) is 15.4. The summed E-state index contributed by atoms with van der Waals surface area (Å²) in [5, 5.41) is 7.28. The molecule has 1 aromatic heterocycles. The second-order valence-corrected chi connectivity index (χ2v) is 7.28. The van der Waals surface area contributed by atoms with E-state index in [-0.39, 0.29) is 18.1 Å². The van der Waals surface area contributed by atoms with Crippen molar-refractivity contribution in [2.45, 2.75) is 32.6 Å². The van der Waals surface area contributed by atoms with E-state index < -0.39 is 11.7 Å². The molecule has 7 heteroatoms. The van der Waals surface area contributed by atoms with Crippen molar-refractivity contribution in [1.29, 1.82) is 0 Å². The van der Waals surface area contributed by atoms with Crippen LogP contribution >= 0.6 is 0 Å². The molecule has 0 bridgehead atoms. The predicted molar refractivity (Wildman–Crippen MR) is 111 cm³/mol. The summed E-state index contributed by atoms with van der Waals surface area (Å²) in [6, 6.07) is 12.9. The Morgan fingerprint density at radius 2 is 2.03 bits per heavy atom. The van der Waals surface area contributed by atoms with Gasteiger partial charge in [0.05, 0.1) is 23.9 Å². The van der Waals surface area contributed by atoms with Gasteiger partial charge in [0.1, 0.15) is 17.4 Å². The van der Waals surface area contributed by atoms with Gasteiger partial charge in [-0.25, -0.2) is 9.07 Å². The highest BCUT2D eigenvalue weighted by Gasteiger charge is 2.36. The Labute approximate surface area is 173 Å². The third kappa shape index (κ3) is 3.70. The number of ether oxygens (including phenoxy) is 1. The van der Waals surface area contributed by atoms with Crippen LogP contribution in [0, 0.1) is 12.7 Å². The molecule has 1 aliphatic heterocycles. The number of nitrogens with zero attached hydrogens (tertiary/aromatic N) is 2. The molecule has 1 atom stereocenters. The number of fused-ring (bicyclic) bond motifs is 1. The van der Waals surface area contributed by atoms with Crippen molar-refractivity contribution in [2.24, 2.45) is 0 Å². The number of halogens is 1. The van der Waals surface area contributed by atoms with Gasteiger partial charge in [0.25, 0.3) is 0 Å². The lowest BCUT2D eigenvalue weighted by Crippen LogP contribution is -2.28. The lowest BCUT2D eigenvalue weighted by molar-refractivity contribution is -0.116. The molecule has 1 aliphatic rings. The molecule has 154 valence electrons. The summed E-state index contributed by atoms with van der Waals surface area (Å²) in [6.07, 6.45) is 0.935. The van der Waals surface area contributed by atoms with Crippen LogP contribution in [0.2, 0.25) is 0 Å². The van der Waals surface area contributed by atoms with Crippen LogP contribution in [-0.4, -0.2) is 28.1 Å². The molecule has 4 rings (SSSR count). The molecule has 3 aromatic rings. The molecule has 2 heterocycles. The molecule has 0 radical (unpaired) electrons. The first kappa shape index (κ1) is 19.8. The van der Waals surface area contributed by atoms with Crippen LogP contribution in [-0.2, 0) is 4.79 Å². The second kappa shape index (κ2) is 8.10. The van der Waals surface area contributed by atoms with Gasteiger partial charge in [-0.15, -0.1) is 0 Å². The standard InChI is InChI=1S/C23H22FN3O3/c1-3-11-30-18-9-7-15(8-10-18)22(29)19-13-20(28)25-23-21(19)14(2)26-27(23)17-6-4-5-16(24)12-17/h4-10,12,19H,3,11,13H2,1-2H3,(H,25,28)/t19-/m0/s1. The molecule has 0 spiro atoms. The fourth-order valence-corrected chi connectivity index (χ4v) is 3.70. The maximum Gasteiger partial charge on any atom is 0.226 e. The van der Waals surface area contributed by atoms with Gasteiger partial charge in [-0.3, -0.25) is 9.59 Å². The van der Waals surface area contributed by atoms with Gasteiger partial charge in [-0.1, -0.05) is 13.0 Å². The third-order valence-electron chi connectivity index (χ3n) is 5.08. The van der Waals surface area contributed by atoms with Crippen LogP contribution in [0.4, 0.5) is 10.2 Å². The molecule has 1 N–H and O–H groups in total. The summed E-state index contributed by atoms with van der Waals surface area (Å²) in [5.41, 5.74) is 2.26. The minimum absolute atomic E-state index is 0.0373. The van der Waals surface area contributed by atoms with E-state index in [9.17, 15) is 14.0 Å². The molecule has 30 heavy (non-hydrogen) atoms. The van der Waals surface area contributed by atoms with Gasteiger partial charge in [0.15, 0.2) is 5.78 Å². The summed E-state index contributed by atoms with van der Waals surface area (Å²) in [6.45, 7) is 4.42. The first-order valence-electron chi connectivity index (χ1n) is 9.90. The Bertz CT molecular complexity index is 1110. The first-order chi connectivity index (χ1) is 14.5. The van der Waals surface area contributed by atoms with Crippen LogP contribution in [0.1, 0.15) is 47.3 Å². The SMILES string of the molecule is CCCOc1ccc(C(=O)[C@H]2CC(=O)Nc3c2c(C)nn3-c2cccc(F)c2)cc1. The number of hydrogen-bond acceptors (Lipinski definition) is 4. The van der Waals surface area contributed by atoms with Crippen molar-refractivity contribution in [2.75, 3.05) is 11.9 Å². The molecular formula is C23H22FN3O3. The van der Waals surface area contributed by atoms with Crippen LogP contribution in [0.3, 0.4) is 0 Å². The zero-order chi connectivity index (χ0) is 21.3. The van der Waals surface area contributed by atoms with E-state index in [0.717, 1.165) is 6.42 Å². The first-order valence-corrected chi connectivity index (χ1v) is 9.90. The van der Waals surface area contributed by atoms with E-state index in [1.54, 1.807) is 43.3 Å². The summed E-state index contributed by atoms with van der Waals surface area (Å²) in [5.74, 6) is -0.384. The zero-order valence-electron chi connectivity index (χ0n) is 16.8. The number of Topliss-reactive ketones (excluding diaryl/α,β-unsaturated/α-hetero) is 1. The number of benzene rings is 2. The fourth-order valence-electron chi connectivity index (χ4n) is 3.70. The minimum atomic E-state index is -0.654. The van der Waals surface area contributed by atoms with E-state index in [1.165, 1.54) is 16.8 Å². The number of aromatic nitrogens is 2. The number of aryl methyl sites for hydroxylation is 1. The van der Waals surface area contributed by atoms with Crippen LogP contribution < -0.4 is 10.1 Å². The molecular weight excluding hydrogens is 385 g/mol. The summed E-state index contributed by atoms with van der Waals surface area (Å²) >= 11 is 0. The smallest absolute Gasteiger partial charge is 0.226 e. The van der Waals surface area contributed by atoms with E-state index in [0.29, 0.717) is 40.7 Å². The number of carbonyl (C=O) groups is 2. The Hall–Kier alpha value is -3.48. The number of rotatable bonds is 6. The van der Waals surface area contributed by atoms with Crippen LogP contribution in [0.5, 0.6) is 5.75 Å². The van der Waals surface area contributed by atoms with E-state index >= 15 is 0 Å². The highest BCUT2D eigenvalue weighted by Crippen LogP contribution is 2.38. The molecule has 0 fully saturated rings. The Morgan fingerprint density at radius 3 is 2.73 bits per heavy atom. The molecule has 0 unspecified atom stereocenters. The minimum Gasteiger partial charge on any atom is -0.494 e. The van der Waals surface area contributed by atoms with Gasteiger partial charge < -0.3 is 10.1 Å². The lowest BCUT2D eigenvalue weighted by atomic mass is 9.85. The number of amides is 1. The number of hydrogen-bond donors (Lipinski definition) is 1. The number of ketones is 1. The molecule has 0 saturated heterocycles. The lowest BCUT2D eigenvalue weighted by Gasteiger charge is -2.23. The predicted octanol–water partition coefficient (Wildman–Crippen LogP) is 4.42. The molecule has 0 saturated carbocycles. The van der Waals surface area contributed by atoms with Crippen LogP contribution in [0.15, 0.2) is 48.5 Å². The third-order valence-corrected chi connectivity index (χ3v) is 5.08. The van der Waals surface area contributed by atoms with Crippen LogP contribution in [0.25, 0.3) is 5.69 Å². The quantitative estimate of drug-likeness (QED) is 0.614. The van der Waals surface area contributed by atoms with E-state index in [2.05, 4.69) is 10.4 Å². The van der Waals surface area contributed by atoms with Crippen molar-refractivity contribution in [3.63, 3.8) is 0 Å². The maximum absolute atomic E-state index is 13.7. The highest BCUT2D eigenvalue weighted by atomic mass is 19.1. The van der Waals surface area contributed by atoms with E-state index in [4.69, 9.17) is 4.74 Å². The monoisotopic (exact) mass is 407 g/mol. The average molecular weight is 407 g/mol. The Balaban J connectivity index is 1.70. The van der Waals surface area contributed by atoms with E-state index in [1.807, 2.05) is 6.92 Å². The van der Waals surface area contributed by atoms with Crippen molar-refractivity contribution in [1.82, 2.24) is 9.78 Å².